The zero-order valence-corrected chi connectivity index (χ0v) is 17.8. The van der Waals surface area contributed by atoms with Crippen LogP contribution in [0.2, 0.25) is 0 Å². The van der Waals surface area contributed by atoms with Gasteiger partial charge in [-0.15, -0.1) is 10.2 Å². The maximum Gasteiger partial charge on any atom is 0.398 e. The van der Waals surface area contributed by atoms with Gasteiger partial charge in [-0.25, -0.2) is 12.6 Å². The molecule has 0 saturated carbocycles. The van der Waals surface area contributed by atoms with Gasteiger partial charge in [0.1, 0.15) is 5.75 Å². The van der Waals surface area contributed by atoms with Crippen molar-refractivity contribution < 1.29 is 35.6 Å². The number of phenolic OH excluding ortho intramolecular Hbond substituents is 1. The minimum atomic E-state index is -5.07. The van der Waals surface area contributed by atoms with Crippen molar-refractivity contribution in [3.05, 3.63) is 64.7 Å². The van der Waals surface area contributed by atoms with E-state index in [1.807, 2.05) is 0 Å². The standard InChI is InChI=1S/C18H15N3O9S2/c1-11(30-32(27,28)29)31(25,26)12-6-7-16(17(10-12)21(23)24)20-19-15-8-9-18(22)14-5-3-2-4-13(14)15/h2-11,22H,1H3,(H,27,28,29)/b20-19+. The fourth-order valence-corrected chi connectivity index (χ4v) is 4.76. The van der Waals surface area contributed by atoms with Crippen molar-refractivity contribution in [2.24, 2.45) is 10.2 Å². The Labute approximate surface area is 181 Å². The number of phenols is 1. The Bertz CT molecular complexity index is 1450. The lowest BCUT2D eigenvalue weighted by Crippen LogP contribution is -2.24. The lowest BCUT2D eigenvalue weighted by atomic mass is 10.1. The molecule has 2 N–H and O–H groups in total. The first-order valence-electron chi connectivity index (χ1n) is 8.70. The molecule has 0 bridgehead atoms. The molecule has 3 aromatic carbocycles. The summed E-state index contributed by atoms with van der Waals surface area (Å²) in [6.07, 6.45) is 0. The lowest BCUT2D eigenvalue weighted by molar-refractivity contribution is -0.384. The molecule has 1 atom stereocenters. The summed E-state index contributed by atoms with van der Waals surface area (Å²) in [5.74, 6) is 0.0151. The molecule has 0 aliphatic carbocycles. The average molecular weight is 481 g/mol. The van der Waals surface area contributed by atoms with Gasteiger partial charge in [0.05, 0.1) is 15.5 Å². The van der Waals surface area contributed by atoms with E-state index in [0.29, 0.717) is 22.5 Å². The van der Waals surface area contributed by atoms with Crippen LogP contribution in [0.15, 0.2) is 69.7 Å². The van der Waals surface area contributed by atoms with Crippen LogP contribution in [-0.2, 0) is 24.4 Å². The van der Waals surface area contributed by atoms with Crippen LogP contribution in [0.3, 0.4) is 0 Å². The molecule has 0 radical (unpaired) electrons. The van der Waals surface area contributed by atoms with Gasteiger partial charge in [-0.1, -0.05) is 24.3 Å². The maximum absolute atomic E-state index is 12.5. The molecule has 0 fully saturated rings. The van der Waals surface area contributed by atoms with Gasteiger partial charge in [0.2, 0.25) is 9.84 Å². The molecule has 0 aliphatic rings. The summed E-state index contributed by atoms with van der Waals surface area (Å²) in [4.78, 5) is 9.98. The highest BCUT2D eigenvalue weighted by atomic mass is 32.3. The van der Waals surface area contributed by atoms with Crippen molar-refractivity contribution in [1.82, 2.24) is 0 Å². The SMILES string of the molecule is CC(OS(=O)(=O)O)S(=O)(=O)c1ccc(/N=N/c2ccc(O)c3ccccc23)c([N+](=O)[O-])c1. The van der Waals surface area contributed by atoms with Crippen molar-refractivity contribution >= 4 is 48.1 Å². The summed E-state index contributed by atoms with van der Waals surface area (Å²) in [5, 5.41) is 30.3. The maximum atomic E-state index is 12.5. The number of nitro groups is 1. The number of nitro benzene ring substituents is 1. The minimum Gasteiger partial charge on any atom is -0.507 e. The topological polar surface area (TPSA) is 186 Å². The first-order valence-corrected chi connectivity index (χ1v) is 11.6. The van der Waals surface area contributed by atoms with Crippen LogP contribution in [0.1, 0.15) is 6.92 Å². The lowest BCUT2D eigenvalue weighted by Gasteiger charge is -2.11. The summed E-state index contributed by atoms with van der Waals surface area (Å²) in [5.41, 5.74) is -2.71. The first-order chi connectivity index (χ1) is 14.9. The zero-order valence-electron chi connectivity index (χ0n) is 16.2. The summed E-state index contributed by atoms with van der Waals surface area (Å²) < 4.78 is 59.2. The summed E-state index contributed by atoms with van der Waals surface area (Å²) >= 11 is 0. The molecule has 0 amide bonds. The van der Waals surface area contributed by atoms with Gasteiger partial charge in [0.15, 0.2) is 11.1 Å². The fourth-order valence-electron chi connectivity index (χ4n) is 2.79. The highest BCUT2D eigenvalue weighted by molar-refractivity contribution is 7.92. The molecule has 12 nitrogen and oxygen atoms in total. The Morgan fingerprint density at radius 3 is 2.19 bits per heavy atom. The number of rotatable bonds is 7. The van der Waals surface area contributed by atoms with Crippen LogP contribution in [-0.4, -0.2) is 36.9 Å². The Morgan fingerprint density at radius 2 is 1.56 bits per heavy atom. The van der Waals surface area contributed by atoms with Gasteiger partial charge in [0.25, 0.3) is 5.69 Å². The van der Waals surface area contributed by atoms with Crippen LogP contribution in [0.25, 0.3) is 10.8 Å². The molecule has 14 heteroatoms. The van der Waals surface area contributed by atoms with Crippen molar-refractivity contribution in [1.29, 1.82) is 0 Å². The number of aromatic hydroxyl groups is 1. The number of hydrogen-bond donors (Lipinski definition) is 2. The number of sulfone groups is 1. The largest absolute Gasteiger partial charge is 0.507 e. The second kappa shape index (κ2) is 8.58. The fraction of sp³-hybridized carbons (Fsp3) is 0.111. The third-order valence-corrected chi connectivity index (χ3v) is 6.84. The van der Waals surface area contributed by atoms with E-state index in [1.165, 1.54) is 12.1 Å². The molecule has 0 aromatic heterocycles. The number of fused-ring (bicyclic) bond motifs is 1. The number of benzene rings is 3. The van der Waals surface area contributed by atoms with E-state index in [4.69, 9.17) is 4.55 Å². The summed E-state index contributed by atoms with van der Waals surface area (Å²) in [7, 11) is -9.59. The Kier molecular flexibility index (Phi) is 6.23. The van der Waals surface area contributed by atoms with Crippen molar-refractivity contribution in [3.63, 3.8) is 0 Å². The smallest absolute Gasteiger partial charge is 0.398 e. The van der Waals surface area contributed by atoms with Crippen molar-refractivity contribution in [2.45, 2.75) is 17.3 Å². The first kappa shape index (κ1) is 23.2. The van der Waals surface area contributed by atoms with E-state index < -0.39 is 41.2 Å². The second-order valence-electron chi connectivity index (χ2n) is 6.39. The molecule has 32 heavy (non-hydrogen) atoms. The molecular formula is C18H15N3O9S2. The molecule has 1 unspecified atom stereocenters. The number of nitrogens with zero attached hydrogens (tertiary/aromatic N) is 3. The molecule has 3 rings (SSSR count). The highest BCUT2D eigenvalue weighted by Crippen LogP contribution is 2.36. The van der Waals surface area contributed by atoms with Gasteiger partial charge < -0.3 is 5.11 Å². The molecule has 168 valence electrons. The van der Waals surface area contributed by atoms with Crippen LogP contribution in [0.5, 0.6) is 5.75 Å². The van der Waals surface area contributed by atoms with E-state index in [-0.39, 0.29) is 11.4 Å². The Morgan fingerprint density at radius 1 is 0.969 bits per heavy atom. The predicted octanol–water partition coefficient (Wildman–Crippen LogP) is 3.81. The molecule has 0 saturated heterocycles. The monoisotopic (exact) mass is 481 g/mol. The quantitative estimate of drug-likeness (QED) is 0.219. The zero-order chi connectivity index (χ0) is 23.7. The van der Waals surface area contributed by atoms with Gasteiger partial charge >= 0.3 is 10.4 Å². The van der Waals surface area contributed by atoms with E-state index in [9.17, 15) is 32.1 Å². The third-order valence-electron chi connectivity index (χ3n) is 4.31. The number of azo groups is 1. The van der Waals surface area contributed by atoms with Gasteiger partial charge in [-0.2, -0.15) is 8.42 Å². The van der Waals surface area contributed by atoms with Crippen LogP contribution in [0.4, 0.5) is 17.1 Å². The van der Waals surface area contributed by atoms with Gasteiger partial charge in [0, 0.05) is 16.8 Å². The normalized spacial score (nSPS) is 13.4. The summed E-state index contributed by atoms with van der Waals surface area (Å²) in [6, 6.07) is 12.3. The predicted molar refractivity (Wildman–Crippen MR) is 112 cm³/mol. The van der Waals surface area contributed by atoms with E-state index >= 15 is 0 Å². The Balaban J connectivity index is 2.03. The minimum absolute atomic E-state index is 0.0151. The van der Waals surface area contributed by atoms with Crippen LogP contribution >= 0.6 is 0 Å². The summed E-state index contributed by atoms with van der Waals surface area (Å²) in [6.45, 7) is 0.846. The molecular weight excluding hydrogens is 466 g/mol. The molecule has 0 spiro atoms. The molecule has 0 heterocycles. The van der Waals surface area contributed by atoms with Crippen molar-refractivity contribution in [2.75, 3.05) is 0 Å². The Hall–Kier alpha value is -3.46. The second-order valence-corrected chi connectivity index (χ2v) is 9.67. The van der Waals surface area contributed by atoms with E-state index in [2.05, 4.69) is 14.4 Å². The number of hydrogen-bond acceptors (Lipinski definition) is 10. The highest BCUT2D eigenvalue weighted by Gasteiger charge is 2.30. The van der Waals surface area contributed by atoms with Crippen molar-refractivity contribution in [3.8, 4) is 5.75 Å². The van der Waals surface area contributed by atoms with Gasteiger partial charge in [-0.3, -0.25) is 14.7 Å². The van der Waals surface area contributed by atoms with Crippen LogP contribution < -0.4 is 0 Å². The molecule has 3 aromatic rings. The van der Waals surface area contributed by atoms with E-state index in [0.717, 1.165) is 19.1 Å². The average Bonchev–Trinajstić information content (AvgIpc) is 2.72. The van der Waals surface area contributed by atoms with Gasteiger partial charge in [-0.05, 0) is 31.2 Å². The van der Waals surface area contributed by atoms with E-state index in [1.54, 1.807) is 24.3 Å². The third kappa shape index (κ3) is 4.88. The molecule has 0 aliphatic heterocycles. The van der Waals surface area contributed by atoms with Crippen LogP contribution in [0, 0.1) is 10.1 Å².